The Morgan fingerprint density at radius 1 is 0.507 bits per heavy atom. The summed E-state index contributed by atoms with van der Waals surface area (Å²) in [5, 5.41) is 1.40. The van der Waals surface area contributed by atoms with Crippen molar-refractivity contribution in [2.75, 3.05) is 102 Å². The fraction of sp³-hybridized carbons (Fsp3) is 0.348. The highest BCUT2D eigenvalue weighted by molar-refractivity contribution is 5.93. The number of para-hydroxylation sites is 2. The number of aromatic nitrogens is 4. The van der Waals surface area contributed by atoms with Crippen LogP contribution in [-0.4, -0.2) is 140 Å². The van der Waals surface area contributed by atoms with Gasteiger partial charge in [0.25, 0.3) is 11.8 Å². The fourth-order valence-corrected chi connectivity index (χ4v) is 7.49. The first-order chi connectivity index (χ1) is 31.0. The number of rotatable bonds is 12. The van der Waals surface area contributed by atoms with Crippen LogP contribution in [0.3, 0.4) is 0 Å². The van der Waals surface area contributed by atoms with Crippen LogP contribution in [0.4, 0.5) is 23.5 Å². The summed E-state index contributed by atoms with van der Waals surface area (Å²) in [7, 11) is 6.30. The lowest BCUT2D eigenvalue weighted by molar-refractivity contribution is -0.138. The van der Waals surface area contributed by atoms with Gasteiger partial charge in [0.2, 0.25) is 11.9 Å². The first-order valence-corrected chi connectivity index (χ1v) is 20.9. The molecule has 0 aliphatic carbocycles. The Bertz CT molecular complexity index is 2390. The van der Waals surface area contributed by atoms with Crippen molar-refractivity contribution in [2.24, 2.45) is 0 Å². The summed E-state index contributed by atoms with van der Waals surface area (Å²) in [5.74, 6) is 5.38. The zero-order valence-electron chi connectivity index (χ0n) is 38.2. The molecule has 8 rings (SSSR count). The Morgan fingerprint density at radius 3 is 1.13 bits per heavy atom. The van der Waals surface area contributed by atoms with Crippen LogP contribution in [0.5, 0.6) is 34.5 Å². The Kier molecular flexibility index (Phi) is 18.9. The zero-order chi connectivity index (χ0) is 45.3. The van der Waals surface area contributed by atoms with Crippen LogP contribution in [0.2, 0.25) is 0 Å². The lowest BCUT2D eigenvalue weighted by Gasteiger charge is -2.36. The fourth-order valence-electron chi connectivity index (χ4n) is 7.49. The van der Waals surface area contributed by atoms with Gasteiger partial charge in [-0.05, 0) is 50.2 Å². The minimum Gasteiger partial charge on any atom is -0.493 e. The van der Waals surface area contributed by atoms with Crippen molar-refractivity contribution in [1.82, 2.24) is 29.7 Å². The average Bonchev–Trinajstić information content (AvgIpc) is 3.33. The minimum atomic E-state index is -0.557. The Labute approximate surface area is 401 Å². The molecule has 0 spiro atoms. The van der Waals surface area contributed by atoms with E-state index in [0.717, 1.165) is 0 Å². The third-order valence-electron chi connectivity index (χ3n) is 11.0. The lowest BCUT2D eigenvalue weighted by atomic mass is 10.2. The number of hydrogen-bond donors (Lipinski definition) is 2. The molecule has 2 saturated heterocycles. The van der Waals surface area contributed by atoms with E-state index in [1.807, 2.05) is 80.3 Å². The van der Waals surface area contributed by atoms with Gasteiger partial charge in [-0.2, -0.15) is 9.97 Å². The summed E-state index contributed by atoms with van der Waals surface area (Å²) in [4.78, 5) is 51.6. The van der Waals surface area contributed by atoms with Crippen molar-refractivity contribution in [1.29, 1.82) is 0 Å². The molecule has 2 amide bonds. The third-order valence-corrected chi connectivity index (χ3v) is 11.0. The lowest BCUT2D eigenvalue weighted by Crippen LogP contribution is -2.52. The minimum absolute atomic E-state index is 0. The largest absolute Gasteiger partial charge is 0.493 e. The zero-order valence-corrected chi connectivity index (χ0v) is 39.8. The normalized spacial score (nSPS) is 14.2. The molecule has 2 aliphatic heterocycles. The van der Waals surface area contributed by atoms with Crippen molar-refractivity contribution >= 4 is 82.0 Å². The second-order valence-corrected chi connectivity index (χ2v) is 15.0. The van der Waals surface area contributed by atoms with E-state index in [1.165, 1.54) is 0 Å². The third kappa shape index (κ3) is 12.3. The summed E-state index contributed by atoms with van der Waals surface area (Å²) >= 11 is 0. The van der Waals surface area contributed by atoms with Crippen LogP contribution in [0.25, 0.3) is 21.8 Å². The van der Waals surface area contributed by atoms with E-state index in [9.17, 15) is 9.59 Å². The predicted molar refractivity (Wildman–Crippen MR) is 263 cm³/mol. The topological polar surface area (TPSA) is 238 Å². The number of nitrogen functional groups attached to an aromatic ring is 2. The number of halogens is 2. The summed E-state index contributed by atoms with van der Waals surface area (Å²) < 4.78 is 33.0. The molecule has 360 valence electrons. The highest BCUT2D eigenvalue weighted by atomic mass is 35.5. The van der Waals surface area contributed by atoms with Gasteiger partial charge in [0.1, 0.15) is 23.1 Å². The molecule has 67 heavy (non-hydrogen) atoms. The standard InChI is InChI=1S/2C23H27N5O4.2ClH.H2O/c2*1-15(32-16-7-5-4-6-8-16)22(29)27-9-11-28(12-10-27)23-25-18-14-20(31-3)19(30-2)13-17(18)21(24)26-23;;;/h2*4-8,13-15H,9-12H2,1-3H3,(H2,24,25,26);2*1H;1H2. The number of hydrogen-bond acceptors (Lipinski definition) is 16. The molecule has 2 atom stereocenters. The Balaban J connectivity index is 0.000000280. The molecule has 0 saturated carbocycles. The molecule has 6 N–H and O–H groups in total. The van der Waals surface area contributed by atoms with Gasteiger partial charge in [-0.1, -0.05) is 36.4 Å². The van der Waals surface area contributed by atoms with Gasteiger partial charge >= 0.3 is 0 Å². The highest BCUT2D eigenvalue weighted by Gasteiger charge is 2.29. The number of carbonyl (C=O) groups excluding carboxylic acids is 2. The van der Waals surface area contributed by atoms with Gasteiger partial charge in [0, 0.05) is 75.3 Å². The molecule has 2 fully saturated rings. The van der Waals surface area contributed by atoms with Gasteiger partial charge in [-0.3, -0.25) is 9.59 Å². The molecule has 0 radical (unpaired) electrons. The van der Waals surface area contributed by atoms with E-state index in [2.05, 4.69) is 19.9 Å². The number of amides is 2. The SMILES string of the molecule is COc1cc2nc(N3CCN(C(=O)C(C)Oc4ccccc4)CC3)nc(N)c2cc1OC.COc1cc2nc(N3CCN(C(=O)C(C)Oc4ccccc4)CC3)nc(N)c2cc1OC.Cl.Cl.O. The Hall–Kier alpha value is -6.96. The molecule has 2 aliphatic rings. The number of ether oxygens (including phenoxy) is 6. The molecule has 6 aromatic rings. The van der Waals surface area contributed by atoms with Crippen molar-refractivity contribution in [3.63, 3.8) is 0 Å². The van der Waals surface area contributed by atoms with Gasteiger partial charge < -0.3 is 65.0 Å². The van der Waals surface area contributed by atoms with E-state index in [4.69, 9.17) is 39.9 Å². The number of piperazine rings is 2. The summed E-state index contributed by atoms with van der Waals surface area (Å²) in [5.41, 5.74) is 13.8. The number of carbonyl (C=O) groups is 2. The second-order valence-electron chi connectivity index (χ2n) is 15.0. The monoisotopic (exact) mass is 964 g/mol. The van der Waals surface area contributed by atoms with E-state index < -0.39 is 12.2 Å². The first-order valence-electron chi connectivity index (χ1n) is 20.9. The van der Waals surface area contributed by atoms with Crippen molar-refractivity contribution in [3.05, 3.63) is 84.9 Å². The van der Waals surface area contributed by atoms with Crippen LogP contribution in [-0.2, 0) is 9.59 Å². The van der Waals surface area contributed by atoms with E-state index in [0.29, 0.717) is 132 Å². The molecule has 4 aromatic carbocycles. The second kappa shape index (κ2) is 24.0. The number of methoxy groups -OCH3 is 4. The maximum atomic E-state index is 12.8. The van der Waals surface area contributed by atoms with Crippen LogP contribution < -0.4 is 49.7 Å². The van der Waals surface area contributed by atoms with Crippen molar-refractivity contribution in [2.45, 2.75) is 26.1 Å². The highest BCUT2D eigenvalue weighted by Crippen LogP contribution is 2.35. The summed E-state index contributed by atoms with van der Waals surface area (Å²) in [6.45, 7) is 8.15. The maximum absolute atomic E-state index is 12.8. The van der Waals surface area contributed by atoms with Gasteiger partial charge in [0.15, 0.2) is 35.2 Å². The van der Waals surface area contributed by atoms with E-state index in [-0.39, 0.29) is 42.1 Å². The average molecular weight is 966 g/mol. The summed E-state index contributed by atoms with van der Waals surface area (Å²) in [6, 6.07) is 25.8. The molecular weight excluding hydrogens is 907 g/mol. The number of fused-ring (bicyclic) bond motifs is 2. The van der Waals surface area contributed by atoms with Crippen LogP contribution in [0.15, 0.2) is 84.9 Å². The smallest absolute Gasteiger partial charge is 0.263 e. The Morgan fingerprint density at radius 2 is 0.821 bits per heavy atom. The van der Waals surface area contributed by atoms with Crippen LogP contribution >= 0.6 is 24.8 Å². The maximum Gasteiger partial charge on any atom is 0.263 e. The molecular formula is C46H58Cl2N10O9. The molecule has 2 unspecified atom stereocenters. The van der Waals surface area contributed by atoms with Crippen molar-refractivity contribution in [3.8, 4) is 34.5 Å². The number of anilines is 4. The molecule has 2 aromatic heterocycles. The molecule has 21 heteroatoms. The van der Waals surface area contributed by atoms with Gasteiger partial charge in [-0.15, -0.1) is 24.8 Å². The van der Waals surface area contributed by atoms with Crippen LogP contribution in [0, 0.1) is 0 Å². The van der Waals surface area contributed by atoms with E-state index in [1.54, 1.807) is 66.6 Å². The first kappa shape index (κ1) is 52.7. The van der Waals surface area contributed by atoms with Gasteiger partial charge in [-0.25, -0.2) is 9.97 Å². The van der Waals surface area contributed by atoms with Crippen LogP contribution in [0.1, 0.15) is 13.8 Å². The quantitative estimate of drug-likeness (QED) is 0.169. The molecule has 19 nitrogen and oxygen atoms in total. The molecule has 4 heterocycles. The summed E-state index contributed by atoms with van der Waals surface area (Å²) in [6.07, 6.45) is -1.11. The van der Waals surface area contributed by atoms with Crippen molar-refractivity contribution < 1.29 is 43.5 Å². The van der Waals surface area contributed by atoms with E-state index >= 15 is 0 Å². The number of nitrogens with zero attached hydrogens (tertiary/aromatic N) is 8. The van der Waals surface area contributed by atoms with Gasteiger partial charge in [0.05, 0.1) is 39.5 Å². The number of nitrogens with two attached hydrogens (primary N) is 2. The predicted octanol–water partition coefficient (Wildman–Crippen LogP) is 4.71. The number of benzene rings is 4. The molecule has 0 bridgehead atoms.